The van der Waals surface area contributed by atoms with Crippen molar-refractivity contribution in [3.8, 4) is 11.8 Å². The molecule has 0 aliphatic carbocycles. The van der Waals surface area contributed by atoms with Crippen molar-refractivity contribution in [2.75, 3.05) is 5.32 Å². The molecular weight excluding hydrogens is 535 g/mol. The highest BCUT2D eigenvalue weighted by molar-refractivity contribution is 9.10. The molecule has 162 valence electrons. The predicted octanol–water partition coefficient (Wildman–Crippen LogP) is 7.84. The largest absolute Gasteiger partial charge is 0.488 e. The van der Waals surface area contributed by atoms with E-state index in [1.54, 1.807) is 42.5 Å². The number of carbonyl (C=O) groups excluding carboxylic acids is 1. The van der Waals surface area contributed by atoms with Gasteiger partial charge in [-0.05, 0) is 66.6 Å². The lowest BCUT2D eigenvalue weighted by Crippen LogP contribution is -2.13. The van der Waals surface area contributed by atoms with Crippen molar-refractivity contribution >= 4 is 68.4 Å². The maximum Gasteiger partial charge on any atom is 0.266 e. The summed E-state index contributed by atoms with van der Waals surface area (Å²) in [5.74, 6) is -0.0546. The fourth-order valence-corrected chi connectivity index (χ4v) is 3.61. The van der Waals surface area contributed by atoms with E-state index in [1.807, 2.05) is 25.1 Å². The molecule has 0 heterocycles. The summed E-state index contributed by atoms with van der Waals surface area (Å²) < 4.78 is 6.69. The van der Waals surface area contributed by atoms with E-state index in [-0.39, 0.29) is 12.2 Å². The number of nitriles is 1. The number of benzene rings is 3. The van der Waals surface area contributed by atoms with Crippen molar-refractivity contribution < 1.29 is 9.53 Å². The molecule has 1 amide bonds. The van der Waals surface area contributed by atoms with Gasteiger partial charge in [-0.25, -0.2) is 0 Å². The fraction of sp³-hybridized carbons (Fsp3) is 0.0833. The summed E-state index contributed by atoms with van der Waals surface area (Å²) in [6.07, 6.45) is 1.47. The molecule has 0 saturated heterocycles. The van der Waals surface area contributed by atoms with Crippen molar-refractivity contribution in [2.24, 2.45) is 0 Å². The van der Waals surface area contributed by atoms with Crippen LogP contribution in [0.3, 0.4) is 0 Å². The number of aryl methyl sites for hydroxylation is 1. The number of rotatable bonds is 6. The Morgan fingerprint density at radius 1 is 1.06 bits per heavy atom. The van der Waals surface area contributed by atoms with Gasteiger partial charge in [0.1, 0.15) is 24.0 Å². The van der Waals surface area contributed by atoms with Crippen LogP contribution in [-0.4, -0.2) is 5.91 Å². The molecule has 3 aromatic carbocycles. The summed E-state index contributed by atoms with van der Waals surface area (Å²) in [4.78, 5) is 12.7. The average molecular weight is 551 g/mol. The minimum atomic E-state index is -0.553. The zero-order valence-corrected chi connectivity index (χ0v) is 20.6. The van der Waals surface area contributed by atoms with Crippen LogP contribution >= 0.6 is 50.7 Å². The molecule has 0 aromatic heterocycles. The molecule has 3 aromatic rings. The summed E-state index contributed by atoms with van der Waals surface area (Å²) in [6.45, 7) is 2.09. The second-order valence-corrected chi connectivity index (χ2v) is 8.94. The molecule has 8 heteroatoms. The zero-order chi connectivity index (χ0) is 23.3. The van der Waals surface area contributed by atoms with Gasteiger partial charge in [0.15, 0.2) is 0 Å². The molecule has 0 aliphatic rings. The second kappa shape index (κ2) is 10.9. The third-order valence-corrected chi connectivity index (χ3v) is 6.08. The fourth-order valence-electron chi connectivity index (χ4n) is 2.73. The van der Waals surface area contributed by atoms with Gasteiger partial charge in [-0.2, -0.15) is 5.26 Å². The van der Waals surface area contributed by atoms with E-state index in [9.17, 15) is 10.1 Å². The molecule has 3 rings (SSSR count). The van der Waals surface area contributed by atoms with Crippen LogP contribution in [0.4, 0.5) is 5.69 Å². The van der Waals surface area contributed by atoms with E-state index in [1.165, 1.54) is 6.08 Å². The highest BCUT2D eigenvalue weighted by Crippen LogP contribution is 2.28. The van der Waals surface area contributed by atoms with Crippen LogP contribution in [0, 0.1) is 18.3 Å². The maximum atomic E-state index is 12.7. The third-order valence-electron chi connectivity index (χ3n) is 4.44. The normalized spacial score (nSPS) is 11.1. The standard InChI is InChI=1S/C24H16BrCl3N2O2/c1-14-2-5-19(11-21(14)27)30-24(31)17(12-29)9-16-10-18(25)4-7-23(16)32-13-15-3-6-20(26)22(28)8-15/h2-11H,13H2,1H3,(H,30,31)/b17-9-. The Bertz CT molecular complexity index is 1250. The lowest BCUT2D eigenvalue weighted by atomic mass is 10.1. The Morgan fingerprint density at radius 3 is 2.53 bits per heavy atom. The molecule has 0 spiro atoms. The monoisotopic (exact) mass is 548 g/mol. The van der Waals surface area contributed by atoms with Crippen molar-refractivity contribution in [3.05, 3.63) is 96.4 Å². The molecule has 0 saturated carbocycles. The van der Waals surface area contributed by atoms with E-state index in [2.05, 4.69) is 21.2 Å². The first kappa shape index (κ1) is 24.2. The Balaban J connectivity index is 1.83. The summed E-state index contributed by atoms with van der Waals surface area (Å²) in [5, 5.41) is 13.7. The Hall–Kier alpha value is -2.49. The van der Waals surface area contributed by atoms with Gasteiger partial charge in [0.25, 0.3) is 5.91 Å². The maximum absolute atomic E-state index is 12.7. The van der Waals surface area contributed by atoms with Crippen LogP contribution in [-0.2, 0) is 11.4 Å². The molecule has 0 aliphatic heterocycles. The van der Waals surface area contributed by atoms with Gasteiger partial charge in [0, 0.05) is 20.7 Å². The van der Waals surface area contributed by atoms with Crippen LogP contribution in [0.5, 0.6) is 5.75 Å². The van der Waals surface area contributed by atoms with Gasteiger partial charge < -0.3 is 10.1 Å². The average Bonchev–Trinajstić information content (AvgIpc) is 2.76. The number of hydrogen-bond acceptors (Lipinski definition) is 3. The molecule has 0 bridgehead atoms. The molecule has 4 nitrogen and oxygen atoms in total. The van der Waals surface area contributed by atoms with Crippen LogP contribution in [0.2, 0.25) is 15.1 Å². The molecule has 32 heavy (non-hydrogen) atoms. The van der Waals surface area contributed by atoms with Crippen molar-refractivity contribution in [1.82, 2.24) is 0 Å². The molecule has 0 radical (unpaired) electrons. The number of hydrogen-bond donors (Lipinski definition) is 1. The number of halogens is 4. The van der Waals surface area contributed by atoms with E-state index in [0.29, 0.717) is 32.1 Å². The van der Waals surface area contributed by atoms with E-state index < -0.39 is 5.91 Å². The van der Waals surface area contributed by atoms with Gasteiger partial charge in [-0.15, -0.1) is 0 Å². The van der Waals surface area contributed by atoms with Crippen LogP contribution in [0.15, 0.2) is 64.6 Å². The third kappa shape index (κ3) is 6.27. The van der Waals surface area contributed by atoms with Crippen molar-refractivity contribution in [1.29, 1.82) is 5.26 Å². The van der Waals surface area contributed by atoms with Crippen molar-refractivity contribution in [3.63, 3.8) is 0 Å². The highest BCUT2D eigenvalue weighted by atomic mass is 79.9. The molecule has 0 unspecified atom stereocenters. The number of ether oxygens (including phenoxy) is 1. The number of anilines is 1. The summed E-state index contributed by atoms with van der Waals surface area (Å²) >= 11 is 21.5. The van der Waals surface area contributed by atoms with Crippen LogP contribution in [0.1, 0.15) is 16.7 Å². The summed E-state index contributed by atoms with van der Waals surface area (Å²) in [6, 6.07) is 17.6. The van der Waals surface area contributed by atoms with Crippen LogP contribution in [0.25, 0.3) is 6.08 Å². The first-order valence-electron chi connectivity index (χ1n) is 9.32. The van der Waals surface area contributed by atoms with E-state index in [0.717, 1.165) is 15.6 Å². The molecule has 0 atom stereocenters. The number of amides is 1. The first-order chi connectivity index (χ1) is 15.3. The van der Waals surface area contributed by atoms with Gasteiger partial charge in [-0.1, -0.05) is 62.9 Å². The topological polar surface area (TPSA) is 62.1 Å². The van der Waals surface area contributed by atoms with Crippen molar-refractivity contribution in [2.45, 2.75) is 13.5 Å². The van der Waals surface area contributed by atoms with E-state index in [4.69, 9.17) is 39.5 Å². The molecule has 1 N–H and O–H groups in total. The lowest BCUT2D eigenvalue weighted by molar-refractivity contribution is -0.112. The van der Waals surface area contributed by atoms with Gasteiger partial charge in [-0.3, -0.25) is 4.79 Å². The lowest BCUT2D eigenvalue weighted by Gasteiger charge is -2.11. The number of nitrogens with zero attached hydrogens (tertiary/aromatic N) is 1. The predicted molar refractivity (Wildman–Crippen MR) is 133 cm³/mol. The second-order valence-electron chi connectivity index (χ2n) is 6.81. The number of carbonyl (C=O) groups is 1. The minimum Gasteiger partial charge on any atom is -0.488 e. The summed E-state index contributed by atoms with van der Waals surface area (Å²) in [7, 11) is 0. The molecule has 0 fully saturated rings. The number of nitrogens with one attached hydrogen (secondary N) is 1. The SMILES string of the molecule is Cc1ccc(NC(=O)/C(C#N)=C\c2cc(Br)ccc2OCc2ccc(Cl)c(Cl)c2)cc1Cl. The van der Waals surface area contributed by atoms with Gasteiger partial charge in [0.05, 0.1) is 10.0 Å². The summed E-state index contributed by atoms with van der Waals surface area (Å²) in [5.41, 5.74) is 2.69. The van der Waals surface area contributed by atoms with Gasteiger partial charge in [0.2, 0.25) is 0 Å². The Labute approximate surface area is 209 Å². The first-order valence-corrected chi connectivity index (χ1v) is 11.2. The van der Waals surface area contributed by atoms with Gasteiger partial charge >= 0.3 is 0 Å². The highest BCUT2D eigenvalue weighted by Gasteiger charge is 2.13. The zero-order valence-electron chi connectivity index (χ0n) is 16.8. The molecular formula is C24H16BrCl3N2O2. The Morgan fingerprint density at radius 2 is 1.84 bits per heavy atom. The Kier molecular flexibility index (Phi) is 8.22. The minimum absolute atomic E-state index is 0.0841. The quantitative estimate of drug-likeness (QED) is 0.251. The smallest absolute Gasteiger partial charge is 0.266 e. The van der Waals surface area contributed by atoms with Crippen LogP contribution < -0.4 is 10.1 Å². The van der Waals surface area contributed by atoms with E-state index >= 15 is 0 Å².